The maximum Gasteiger partial charge on any atom is 0.140 e. The predicted octanol–water partition coefficient (Wildman–Crippen LogP) is 2.01. The van der Waals surface area contributed by atoms with Crippen LogP contribution in [0, 0.1) is 11.3 Å². The number of nitrogens with zero attached hydrogens (tertiary/aromatic N) is 4. The van der Waals surface area contributed by atoms with Gasteiger partial charge in [0.25, 0.3) is 0 Å². The summed E-state index contributed by atoms with van der Waals surface area (Å²) in [5.41, 5.74) is 1.72. The molecule has 4 heteroatoms. The van der Waals surface area contributed by atoms with Gasteiger partial charge < -0.3 is 0 Å². The van der Waals surface area contributed by atoms with Gasteiger partial charge in [-0.3, -0.25) is 9.80 Å². The van der Waals surface area contributed by atoms with E-state index >= 15 is 0 Å². The highest BCUT2D eigenvalue weighted by atomic mass is 15.4. The minimum atomic E-state index is 0.500. The van der Waals surface area contributed by atoms with E-state index in [9.17, 15) is 0 Å². The molecule has 2 bridgehead atoms. The number of hydrogen-bond acceptors (Lipinski definition) is 4. The lowest BCUT2D eigenvalue weighted by Crippen LogP contribution is -2.69. The molecule has 3 fully saturated rings. The van der Waals surface area contributed by atoms with Gasteiger partial charge in [-0.1, -0.05) is 13.0 Å². The van der Waals surface area contributed by atoms with Gasteiger partial charge in [-0.25, -0.2) is 4.98 Å². The summed E-state index contributed by atoms with van der Waals surface area (Å²) in [6.07, 6.45) is 4.43. The lowest BCUT2D eigenvalue weighted by molar-refractivity contribution is -0.0857. The summed E-state index contributed by atoms with van der Waals surface area (Å²) >= 11 is 0. The van der Waals surface area contributed by atoms with Crippen molar-refractivity contribution in [3.8, 4) is 6.07 Å². The molecule has 0 aromatic carbocycles. The molecule has 3 aliphatic rings. The Bertz CT molecular complexity index is 492. The zero-order valence-electron chi connectivity index (χ0n) is 12.3. The summed E-state index contributed by atoms with van der Waals surface area (Å²) in [4.78, 5) is 9.39. The second-order valence-corrected chi connectivity index (χ2v) is 6.09. The third kappa shape index (κ3) is 2.44. The first-order chi connectivity index (χ1) is 9.71. The highest BCUT2D eigenvalue weighted by molar-refractivity contribution is 5.23. The number of fused-ring (bicyclic) bond motifs is 2. The second-order valence-electron chi connectivity index (χ2n) is 6.09. The fourth-order valence-electron chi connectivity index (χ4n) is 3.39. The smallest absolute Gasteiger partial charge is 0.140 e. The molecule has 0 radical (unpaired) electrons. The number of piperazine rings is 1. The van der Waals surface area contributed by atoms with Crippen molar-refractivity contribution >= 4 is 0 Å². The predicted molar refractivity (Wildman–Crippen MR) is 78.0 cm³/mol. The van der Waals surface area contributed by atoms with Crippen molar-refractivity contribution in [3.63, 3.8) is 0 Å². The summed E-state index contributed by atoms with van der Waals surface area (Å²) in [7, 11) is 0. The first-order valence-electron chi connectivity index (χ1n) is 7.56. The van der Waals surface area contributed by atoms with Gasteiger partial charge in [0.1, 0.15) is 11.8 Å². The molecule has 0 aliphatic carbocycles. The van der Waals surface area contributed by atoms with Crippen LogP contribution in [0.1, 0.15) is 37.9 Å². The minimum absolute atomic E-state index is 0.500. The first kappa shape index (κ1) is 13.5. The van der Waals surface area contributed by atoms with Crippen LogP contribution in [0.5, 0.6) is 0 Å². The molecule has 3 aliphatic heterocycles. The van der Waals surface area contributed by atoms with Gasteiger partial charge in [-0.05, 0) is 31.4 Å². The highest BCUT2D eigenvalue weighted by Gasteiger charge is 2.44. The van der Waals surface area contributed by atoms with Crippen molar-refractivity contribution in [2.75, 3.05) is 13.1 Å². The quantitative estimate of drug-likeness (QED) is 0.839. The Morgan fingerprint density at radius 3 is 2.70 bits per heavy atom. The molecule has 0 amide bonds. The van der Waals surface area contributed by atoms with E-state index in [2.05, 4.69) is 34.7 Å². The Kier molecular flexibility index (Phi) is 3.73. The van der Waals surface area contributed by atoms with Crippen molar-refractivity contribution in [3.05, 3.63) is 29.6 Å². The van der Waals surface area contributed by atoms with Gasteiger partial charge in [0.05, 0.1) is 0 Å². The molecule has 1 aromatic heterocycles. The van der Waals surface area contributed by atoms with E-state index in [-0.39, 0.29) is 0 Å². The number of rotatable bonds is 4. The van der Waals surface area contributed by atoms with E-state index in [0.29, 0.717) is 23.8 Å². The van der Waals surface area contributed by atoms with Crippen LogP contribution in [0.15, 0.2) is 18.3 Å². The van der Waals surface area contributed by atoms with E-state index in [1.807, 2.05) is 18.3 Å². The number of pyridine rings is 1. The van der Waals surface area contributed by atoms with Gasteiger partial charge in [0, 0.05) is 44.0 Å². The zero-order chi connectivity index (χ0) is 14.1. The summed E-state index contributed by atoms with van der Waals surface area (Å²) in [5.74, 6) is 0. The maximum absolute atomic E-state index is 8.78. The third-order valence-electron chi connectivity index (χ3n) is 4.89. The highest BCUT2D eigenvalue weighted by Crippen LogP contribution is 2.34. The molecule has 1 aromatic rings. The number of nitriles is 1. The van der Waals surface area contributed by atoms with Crippen LogP contribution in [0.4, 0.5) is 0 Å². The van der Waals surface area contributed by atoms with E-state index < -0.39 is 0 Å². The van der Waals surface area contributed by atoms with E-state index in [1.54, 1.807) is 0 Å². The molecule has 4 heterocycles. The molecule has 3 unspecified atom stereocenters. The van der Waals surface area contributed by atoms with Gasteiger partial charge in [0.2, 0.25) is 0 Å². The van der Waals surface area contributed by atoms with Crippen molar-refractivity contribution in [1.82, 2.24) is 14.8 Å². The van der Waals surface area contributed by atoms with Crippen molar-refractivity contribution in [1.29, 1.82) is 5.26 Å². The average Bonchev–Trinajstić information content (AvgIpc) is 2.52. The summed E-state index contributed by atoms with van der Waals surface area (Å²) in [5, 5.41) is 8.78. The van der Waals surface area contributed by atoms with E-state index in [0.717, 1.165) is 6.54 Å². The van der Waals surface area contributed by atoms with Crippen LogP contribution in [0.2, 0.25) is 0 Å². The lowest BCUT2D eigenvalue weighted by atomic mass is 9.86. The molecule has 4 nitrogen and oxygen atoms in total. The first-order valence-corrected chi connectivity index (χ1v) is 7.56. The topological polar surface area (TPSA) is 43.2 Å². The number of hydrogen-bond donors (Lipinski definition) is 0. The van der Waals surface area contributed by atoms with Crippen LogP contribution >= 0.6 is 0 Å². The molecule has 0 saturated carbocycles. The summed E-state index contributed by atoms with van der Waals surface area (Å²) < 4.78 is 0. The van der Waals surface area contributed by atoms with Crippen LogP contribution in [0.25, 0.3) is 0 Å². The zero-order valence-corrected chi connectivity index (χ0v) is 12.3. The van der Waals surface area contributed by atoms with E-state index in [1.165, 1.54) is 31.5 Å². The molecular formula is C16H22N4. The normalized spacial score (nSPS) is 27.6. The number of aromatic nitrogens is 1. The lowest BCUT2D eigenvalue weighted by Gasteiger charge is -2.57. The average molecular weight is 270 g/mol. The molecule has 20 heavy (non-hydrogen) atoms. The Balaban J connectivity index is 1.60. The molecule has 3 saturated heterocycles. The van der Waals surface area contributed by atoms with Crippen LogP contribution in [0.3, 0.4) is 0 Å². The van der Waals surface area contributed by atoms with Crippen molar-refractivity contribution < 1.29 is 0 Å². The van der Waals surface area contributed by atoms with Crippen LogP contribution in [-0.4, -0.2) is 46.0 Å². The van der Waals surface area contributed by atoms with Gasteiger partial charge in [0.15, 0.2) is 0 Å². The van der Waals surface area contributed by atoms with Gasteiger partial charge in [-0.15, -0.1) is 0 Å². The van der Waals surface area contributed by atoms with Crippen LogP contribution < -0.4 is 0 Å². The van der Waals surface area contributed by atoms with Crippen LogP contribution in [-0.2, 0) is 6.54 Å². The fourth-order valence-corrected chi connectivity index (χ4v) is 3.39. The van der Waals surface area contributed by atoms with Gasteiger partial charge >= 0.3 is 0 Å². The van der Waals surface area contributed by atoms with Crippen molar-refractivity contribution in [2.45, 2.75) is 51.4 Å². The second kappa shape index (κ2) is 5.51. The summed E-state index contributed by atoms with van der Waals surface area (Å²) in [6.45, 7) is 7.98. The third-order valence-corrected chi connectivity index (χ3v) is 4.89. The Morgan fingerprint density at radius 2 is 2.15 bits per heavy atom. The molecule has 106 valence electrons. The largest absolute Gasteiger partial charge is 0.298 e. The SMILES string of the molecule is CCC(C)N1CC2CC(C1)N2Cc1ccc(C#N)nc1. The van der Waals surface area contributed by atoms with Crippen molar-refractivity contribution in [2.24, 2.45) is 0 Å². The maximum atomic E-state index is 8.78. The van der Waals surface area contributed by atoms with Gasteiger partial charge in [-0.2, -0.15) is 5.26 Å². The molecule has 4 rings (SSSR count). The molecular weight excluding hydrogens is 248 g/mol. The molecule has 0 spiro atoms. The summed E-state index contributed by atoms with van der Waals surface area (Å²) in [6, 6.07) is 8.04. The number of piperidine rings is 1. The molecule has 0 N–H and O–H groups in total. The monoisotopic (exact) mass is 270 g/mol. The standard InChI is InChI=1S/C16H22N4/c1-3-12(2)19-10-15-6-16(11-19)20(15)9-13-4-5-14(7-17)18-8-13/h4-5,8,12,15-16H,3,6,9-11H2,1-2H3. The fraction of sp³-hybridized carbons (Fsp3) is 0.625. The molecule has 3 atom stereocenters. The minimum Gasteiger partial charge on any atom is -0.298 e. The Hall–Kier alpha value is -1.44. The van der Waals surface area contributed by atoms with E-state index in [4.69, 9.17) is 5.26 Å². The Morgan fingerprint density at radius 1 is 1.40 bits per heavy atom. The Labute approximate surface area is 121 Å².